The summed E-state index contributed by atoms with van der Waals surface area (Å²) in [6.07, 6.45) is 3.76. The lowest BCUT2D eigenvalue weighted by Gasteiger charge is -2.26. The van der Waals surface area contributed by atoms with Crippen molar-refractivity contribution in [3.05, 3.63) is 35.4 Å². The van der Waals surface area contributed by atoms with Crippen molar-refractivity contribution in [3.63, 3.8) is 0 Å². The quantitative estimate of drug-likeness (QED) is 0.845. The molecule has 92 valence electrons. The van der Waals surface area contributed by atoms with E-state index in [1.54, 1.807) is 11.1 Å². The SMILES string of the molecule is c1ccc(C2CCOC2)c(C2CCNCC2)c1. The van der Waals surface area contributed by atoms with Gasteiger partial charge in [-0.05, 0) is 49.4 Å². The van der Waals surface area contributed by atoms with Crippen molar-refractivity contribution in [2.45, 2.75) is 31.1 Å². The molecule has 2 aliphatic heterocycles. The lowest BCUT2D eigenvalue weighted by atomic mass is 9.83. The van der Waals surface area contributed by atoms with E-state index in [1.165, 1.54) is 32.4 Å². The summed E-state index contributed by atoms with van der Waals surface area (Å²) in [5, 5.41) is 3.45. The highest BCUT2D eigenvalue weighted by Crippen LogP contribution is 2.34. The molecule has 1 aromatic rings. The minimum absolute atomic E-state index is 0.640. The van der Waals surface area contributed by atoms with E-state index in [0.29, 0.717) is 5.92 Å². The maximum atomic E-state index is 5.54. The number of nitrogens with one attached hydrogen (secondary N) is 1. The van der Waals surface area contributed by atoms with Gasteiger partial charge < -0.3 is 10.1 Å². The van der Waals surface area contributed by atoms with Gasteiger partial charge >= 0.3 is 0 Å². The molecule has 0 radical (unpaired) electrons. The first-order chi connectivity index (χ1) is 8.45. The second kappa shape index (κ2) is 5.19. The Morgan fingerprint density at radius 1 is 0.941 bits per heavy atom. The summed E-state index contributed by atoms with van der Waals surface area (Å²) < 4.78 is 5.54. The smallest absolute Gasteiger partial charge is 0.0535 e. The van der Waals surface area contributed by atoms with Gasteiger partial charge in [0.25, 0.3) is 0 Å². The molecule has 1 atom stereocenters. The van der Waals surface area contributed by atoms with Crippen molar-refractivity contribution < 1.29 is 4.74 Å². The van der Waals surface area contributed by atoms with E-state index >= 15 is 0 Å². The Kier molecular flexibility index (Phi) is 3.44. The van der Waals surface area contributed by atoms with E-state index < -0.39 is 0 Å². The molecule has 17 heavy (non-hydrogen) atoms. The fourth-order valence-corrected chi connectivity index (χ4v) is 3.17. The Morgan fingerprint density at radius 2 is 1.65 bits per heavy atom. The zero-order valence-electron chi connectivity index (χ0n) is 10.3. The molecule has 0 spiro atoms. The number of rotatable bonds is 2. The van der Waals surface area contributed by atoms with Crippen molar-refractivity contribution in [3.8, 4) is 0 Å². The third kappa shape index (κ3) is 2.38. The average molecular weight is 231 g/mol. The second-order valence-electron chi connectivity index (χ2n) is 5.21. The van der Waals surface area contributed by atoms with Crippen LogP contribution in [0, 0.1) is 0 Å². The van der Waals surface area contributed by atoms with Gasteiger partial charge in [-0.1, -0.05) is 24.3 Å². The van der Waals surface area contributed by atoms with Gasteiger partial charge in [-0.3, -0.25) is 0 Å². The molecule has 2 aliphatic rings. The molecule has 0 saturated carbocycles. The minimum Gasteiger partial charge on any atom is -0.381 e. The van der Waals surface area contributed by atoms with E-state index in [0.717, 1.165) is 19.1 Å². The number of ether oxygens (including phenoxy) is 1. The molecule has 2 nitrogen and oxygen atoms in total. The summed E-state index contributed by atoms with van der Waals surface area (Å²) in [6.45, 7) is 4.19. The first-order valence-electron chi connectivity index (χ1n) is 6.82. The van der Waals surface area contributed by atoms with Gasteiger partial charge in [0.05, 0.1) is 6.61 Å². The summed E-state index contributed by atoms with van der Waals surface area (Å²) in [7, 11) is 0. The molecule has 0 bridgehead atoms. The van der Waals surface area contributed by atoms with Crippen LogP contribution in [-0.4, -0.2) is 26.3 Å². The highest BCUT2D eigenvalue weighted by Gasteiger charge is 2.24. The molecule has 2 heteroatoms. The molecule has 1 aromatic carbocycles. The third-order valence-electron chi connectivity index (χ3n) is 4.14. The number of hydrogen-bond acceptors (Lipinski definition) is 2. The largest absolute Gasteiger partial charge is 0.381 e. The fourth-order valence-electron chi connectivity index (χ4n) is 3.17. The first kappa shape index (κ1) is 11.2. The van der Waals surface area contributed by atoms with Crippen LogP contribution in [-0.2, 0) is 4.74 Å². The van der Waals surface area contributed by atoms with Gasteiger partial charge in [0.2, 0.25) is 0 Å². The molecule has 3 rings (SSSR count). The summed E-state index contributed by atoms with van der Waals surface area (Å²) in [5.74, 6) is 1.40. The standard InChI is InChI=1S/C15H21NO/c1-2-4-15(13-7-10-17-11-13)14(3-1)12-5-8-16-9-6-12/h1-4,12-13,16H,5-11H2. The molecular weight excluding hydrogens is 210 g/mol. The van der Waals surface area contributed by atoms with Gasteiger partial charge in [0.15, 0.2) is 0 Å². The van der Waals surface area contributed by atoms with Crippen LogP contribution < -0.4 is 5.32 Å². The Morgan fingerprint density at radius 3 is 2.29 bits per heavy atom. The molecule has 0 amide bonds. The van der Waals surface area contributed by atoms with Crippen LogP contribution in [0.3, 0.4) is 0 Å². The topological polar surface area (TPSA) is 21.3 Å². The van der Waals surface area contributed by atoms with Crippen LogP contribution in [0.15, 0.2) is 24.3 Å². The van der Waals surface area contributed by atoms with E-state index in [2.05, 4.69) is 29.6 Å². The van der Waals surface area contributed by atoms with Gasteiger partial charge in [-0.15, -0.1) is 0 Å². The summed E-state index contributed by atoms with van der Waals surface area (Å²) >= 11 is 0. The zero-order chi connectivity index (χ0) is 11.5. The summed E-state index contributed by atoms with van der Waals surface area (Å²) in [4.78, 5) is 0. The Bertz CT molecular complexity index is 365. The molecule has 2 saturated heterocycles. The van der Waals surface area contributed by atoms with Crippen molar-refractivity contribution in [2.24, 2.45) is 0 Å². The van der Waals surface area contributed by atoms with E-state index in [1.807, 2.05) is 0 Å². The van der Waals surface area contributed by atoms with Crippen molar-refractivity contribution >= 4 is 0 Å². The lowest BCUT2D eigenvalue weighted by Crippen LogP contribution is -2.27. The Hall–Kier alpha value is -0.860. The van der Waals surface area contributed by atoms with E-state index in [9.17, 15) is 0 Å². The number of benzene rings is 1. The first-order valence-corrected chi connectivity index (χ1v) is 6.82. The summed E-state index contributed by atoms with van der Waals surface area (Å²) in [5.41, 5.74) is 3.14. The lowest BCUT2D eigenvalue weighted by molar-refractivity contribution is 0.193. The summed E-state index contributed by atoms with van der Waals surface area (Å²) in [6, 6.07) is 9.02. The fraction of sp³-hybridized carbons (Fsp3) is 0.600. The molecule has 1 N–H and O–H groups in total. The predicted octanol–water partition coefficient (Wildman–Crippen LogP) is 2.66. The van der Waals surface area contributed by atoms with Crippen LogP contribution in [0.1, 0.15) is 42.2 Å². The minimum atomic E-state index is 0.640. The Labute approximate surface area is 103 Å². The van der Waals surface area contributed by atoms with Crippen LogP contribution in [0.4, 0.5) is 0 Å². The van der Waals surface area contributed by atoms with Gasteiger partial charge in [-0.2, -0.15) is 0 Å². The second-order valence-corrected chi connectivity index (χ2v) is 5.21. The van der Waals surface area contributed by atoms with E-state index in [-0.39, 0.29) is 0 Å². The van der Waals surface area contributed by atoms with Crippen LogP contribution in [0.5, 0.6) is 0 Å². The molecule has 1 unspecified atom stereocenters. The van der Waals surface area contributed by atoms with Gasteiger partial charge in [-0.25, -0.2) is 0 Å². The van der Waals surface area contributed by atoms with E-state index in [4.69, 9.17) is 4.74 Å². The molecule has 2 heterocycles. The molecule has 0 aliphatic carbocycles. The van der Waals surface area contributed by atoms with Gasteiger partial charge in [0, 0.05) is 12.5 Å². The van der Waals surface area contributed by atoms with Crippen molar-refractivity contribution in [1.82, 2.24) is 5.32 Å². The average Bonchev–Trinajstić information content (AvgIpc) is 2.94. The van der Waals surface area contributed by atoms with Gasteiger partial charge in [0.1, 0.15) is 0 Å². The highest BCUT2D eigenvalue weighted by atomic mass is 16.5. The van der Waals surface area contributed by atoms with Crippen LogP contribution in [0.2, 0.25) is 0 Å². The molecule has 0 aromatic heterocycles. The van der Waals surface area contributed by atoms with Crippen molar-refractivity contribution in [2.75, 3.05) is 26.3 Å². The normalized spacial score (nSPS) is 26.2. The molecular formula is C15H21NO. The van der Waals surface area contributed by atoms with Crippen molar-refractivity contribution in [1.29, 1.82) is 0 Å². The predicted molar refractivity (Wildman–Crippen MR) is 69.5 cm³/mol. The Balaban J connectivity index is 1.86. The number of hydrogen-bond donors (Lipinski definition) is 1. The molecule has 2 fully saturated rings. The monoisotopic (exact) mass is 231 g/mol. The number of piperidine rings is 1. The third-order valence-corrected chi connectivity index (χ3v) is 4.14. The maximum Gasteiger partial charge on any atom is 0.0535 e. The van der Waals surface area contributed by atoms with Crippen LogP contribution >= 0.6 is 0 Å². The maximum absolute atomic E-state index is 5.54. The van der Waals surface area contributed by atoms with Crippen LogP contribution in [0.25, 0.3) is 0 Å². The zero-order valence-corrected chi connectivity index (χ0v) is 10.3. The highest BCUT2D eigenvalue weighted by molar-refractivity contribution is 5.34.